The van der Waals surface area contributed by atoms with Crippen molar-refractivity contribution in [3.05, 3.63) is 23.9 Å². The first-order valence-corrected chi connectivity index (χ1v) is 3.23. The Bertz CT molecular complexity index is 393. The summed E-state index contributed by atoms with van der Waals surface area (Å²) in [6.07, 6.45) is 2.87. The van der Waals surface area contributed by atoms with Crippen molar-refractivity contribution in [2.45, 2.75) is 6.92 Å². The highest BCUT2D eigenvalue weighted by molar-refractivity contribution is 5.73. The highest BCUT2D eigenvalue weighted by Crippen LogP contribution is 2.11. The summed E-state index contributed by atoms with van der Waals surface area (Å²) >= 11 is 0. The number of aryl methyl sites for hydroxylation is 1. The summed E-state index contributed by atoms with van der Waals surface area (Å²) in [7, 11) is 0. The van der Waals surface area contributed by atoms with E-state index in [9.17, 15) is 4.39 Å². The van der Waals surface area contributed by atoms with E-state index < -0.39 is 5.95 Å². The minimum atomic E-state index is -0.556. The Morgan fingerprint density at radius 2 is 2.36 bits per heavy atom. The Labute approximate surface area is 62.3 Å². The zero-order chi connectivity index (χ0) is 7.84. The van der Waals surface area contributed by atoms with E-state index in [4.69, 9.17) is 0 Å². The third-order valence-electron chi connectivity index (χ3n) is 1.54. The van der Waals surface area contributed by atoms with Crippen LogP contribution in [0.15, 0.2) is 12.4 Å². The largest absolute Gasteiger partial charge is 0.344 e. The highest BCUT2D eigenvalue weighted by atomic mass is 19.1. The average Bonchev–Trinajstić information content (AvgIpc) is 2.32. The van der Waals surface area contributed by atoms with Gasteiger partial charge in [0.15, 0.2) is 5.65 Å². The quantitative estimate of drug-likeness (QED) is 0.618. The molecule has 11 heavy (non-hydrogen) atoms. The van der Waals surface area contributed by atoms with Crippen LogP contribution in [-0.4, -0.2) is 15.0 Å². The molecule has 0 atom stereocenters. The Hall–Kier alpha value is -1.45. The molecule has 0 spiro atoms. The first-order valence-electron chi connectivity index (χ1n) is 3.23. The van der Waals surface area contributed by atoms with E-state index >= 15 is 0 Å². The van der Waals surface area contributed by atoms with Crippen molar-refractivity contribution in [3.63, 3.8) is 0 Å². The zero-order valence-corrected chi connectivity index (χ0v) is 5.93. The monoisotopic (exact) mass is 151 g/mol. The van der Waals surface area contributed by atoms with Crippen molar-refractivity contribution >= 4 is 11.2 Å². The Balaban J connectivity index is 2.86. The molecule has 2 heterocycles. The topological polar surface area (TPSA) is 41.6 Å². The van der Waals surface area contributed by atoms with Crippen LogP contribution < -0.4 is 0 Å². The summed E-state index contributed by atoms with van der Waals surface area (Å²) in [5.74, 6) is -0.556. The SMILES string of the molecule is Cc1c[nH]c2nc(F)cnc12. The summed E-state index contributed by atoms with van der Waals surface area (Å²) < 4.78 is 12.5. The van der Waals surface area contributed by atoms with Crippen molar-refractivity contribution in [2.75, 3.05) is 0 Å². The van der Waals surface area contributed by atoms with Gasteiger partial charge in [-0.1, -0.05) is 0 Å². The molecular formula is C7H6FN3. The van der Waals surface area contributed by atoms with Gasteiger partial charge in [-0.15, -0.1) is 0 Å². The van der Waals surface area contributed by atoms with Gasteiger partial charge in [-0.25, -0.2) is 4.98 Å². The lowest BCUT2D eigenvalue weighted by Crippen LogP contribution is -1.85. The predicted octanol–water partition coefficient (Wildman–Crippen LogP) is 1.41. The van der Waals surface area contributed by atoms with Gasteiger partial charge in [0.2, 0.25) is 5.95 Å². The van der Waals surface area contributed by atoms with Crippen LogP contribution >= 0.6 is 0 Å². The minimum Gasteiger partial charge on any atom is -0.344 e. The molecule has 3 nitrogen and oxygen atoms in total. The molecule has 0 aliphatic heterocycles. The number of H-pyrrole nitrogens is 1. The number of rotatable bonds is 0. The zero-order valence-electron chi connectivity index (χ0n) is 5.93. The lowest BCUT2D eigenvalue weighted by molar-refractivity contribution is 0.582. The molecule has 0 bridgehead atoms. The lowest BCUT2D eigenvalue weighted by Gasteiger charge is -1.88. The van der Waals surface area contributed by atoms with Crippen LogP contribution in [0.1, 0.15) is 5.56 Å². The second kappa shape index (κ2) is 2.02. The average molecular weight is 151 g/mol. The van der Waals surface area contributed by atoms with Crippen LogP contribution in [0.5, 0.6) is 0 Å². The van der Waals surface area contributed by atoms with Gasteiger partial charge in [-0.3, -0.25) is 0 Å². The van der Waals surface area contributed by atoms with E-state index in [1.807, 2.05) is 6.92 Å². The van der Waals surface area contributed by atoms with Crippen molar-refractivity contribution in [3.8, 4) is 0 Å². The fourth-order valence-electron chi connectivity index (χ4n) is 1.00. The van der Waals surface area contributed by atoms with E-state index in [0.717, 1.165) is 17.3 Å². The fraction of sp³-hybridized carbons (Fsp3) is 0.143. The first kappa shape index (κ1) is 6.27. The molecule has 0 unspecified atom stereocenters. The van der Waals surface area contributed by atoms with Crippen LogP contribution in [-0.2, 0) is 0 Å². The molecule has 0 fully saturated rings. The number of nitrogens with zero attached hydrogens (tertiary/aromatic N) is 2. The van der Waals surface area contributed by atoms with Crippen LogP contribution in [0.3, 0.4) is 0 Å². The maximum atomic E-state index is 12.5. The molecule has 0 aromatic carbocycles. The van der Waals surface area contributed by atoms with Crippen molar-refractivity contribution in [1.29, 1.82) is 0 Å². The molecule has 2 rings (SSSR count). The van der Waals surface area contributed by atoms with Crippen molar-refractivity contribution in [2.24, 2.45) is 0 Å². The van der Waals surface area contributed by atoms with E-state index in [1.54, 1.807) is 6.20 Å². The van der Waals surface area contributed by atoms with Gasteiger partial charge in [-0.05, 0) is 12.5 Å². The van der Waals surface area contributed by atoms with Crippen LogP contribution in [0, 0.1) is 12.9 Å². The maximum Gasteiger partial charge on any atom is 0.233 e. The van der Waals surface area contributed by atoms with Crippen LogP contribution in [0.4, 0.5) is 4.39 Å². The molecule has 2 aromatic rings. The lowest BCUT2D eigenvalue weighted by atomic mass is 10.3. The highest BCUT2D eigenvalue weighted by Gasteiger charge is 2.01. The van der Waals surface area contributed by atoms with Crippen LogP contribution in [0.25, 0.3) is 11.2 Å². The fourth-order valence-corrected chi connectivity index (χ4v) is 1.00. The third kappa shape index (κ3) is 0.869. The van der Waals surface area contributed by atoms with Crippen molar-refractivity contribution in [1.82, 2.24) is 15.0 Å². The first-order chi connectivity index (χ1) is 5.27. The van der Waals surface area contributed by atoms with Crippen LogP contribution in [0.2, 0.25) is 0 Å². The molecule has 0 saturated carbocycles. The number of fused-ring (bicyclic) bond motifs is 1. The van der Waals surface area contributed by atoms with Gasteiger partial charge >= 0.3 is 0 Å². The molecule has 0 saturated heterocycles. The van der Waals surface area contributed by atoms with Gasteiger partial charge in [-0.2, -0.15) is 9.37 Å². The Kier molecular flexibility index (Phi) is 1.15. The molecule has 0 aliphatic rings. The smallest absolute Gasteiger partial charge is 0.233 e. The van der Waals surface area contributed by atoms with E-state index in [-0.39, 0.29) is 0 Å². The second-order valence-electron chi connectivity index (χ2n) is 2.36. The second-order valence-corrected chi connectivity index (χ2v) is 2.36. The summed E-state index contributed by atoms with van der Waals surface area (Å²) in [6.45, 7) is 1.89. The van der Waals surface area contributed by atoms with E-state index in [0.29, 0.717) is 5.65 Å². The predicted molar refractivity (Wildman–Crippen MR) is 38.6 cm³/mol. The van der Waals surface area contributed by atoms with Gasteiger partial charge < -0.3 is 4.98 Å². The normalized spacial score (nSPS) is 10.7. The molecule has 2 aromatic heterocycles. The summed E-state index contributed by atoms with van der Waals surface area (Å²) in [5, 5.41) is 0. The number of aromatic nitrogens is 3. The number of halogens is 1. The molecule has 56 valence electrons. The summed E-state index contributed by atoms with van der Waals surface area (Å²) in [6, 6.07) is 0. The third-order valence-corrected chi connectivity index (χ3v) is 1.54. The summed E-state index contributed by atoms with van der Waals surface area (Å²) in [5.41, 5.74) is 2.21. The number of aromatic amines is 1. The molecular weight excluding hydrogens is 145 g/mol. The Morgan fingerprint density at radius 1 is 1.55 bits per heavy atom. The van der Waals surface area contributed by atoms with Gasteiger partial charge in [0, 0.05) is 6.20 Å². The standard InChI is InChI=1S/C7H6FN3/c1-4-2-10-7-6(4)9-3-5(8)11-7/h2-3H,1H3,(H,10,11). The molecule has 4 heteroatoms. The van der Waals surface area contributed by atoms with Gasteiger partial charge in [0.1, 0.15) is 5.52 Å². The number of hydrogen-bond donors (Lipinski definition) is 1. The molecule has 0 amide bonds. The Morgan fingerprint density at radius 3 is 3.18 bits per heavy atom. The maximum absolute atomic E-state index is 12.5. The molecule has 0 radical (unpaired) electrons. The van der Waals surface area contributed by atoms with Gasteiger partial charge in [0.05, 0.1) is 6.20 Å². The molecule has 0 aliphatic carbocycles. The van der Waals surface area contributed by atoms with E-state index in [2.05, 4.69) is 15.0 Å². The van der Waals surface area contributed by atoms with Gasteiger partial charge in [0.25, 0.3) is 0 Å². The summed E-state index contributed by atoms with van der Waals surface area (Å²) in [4.78, 5) is 10.3. The van der Waals surface area contributed by atoms with Crippen molar-refractivity contribution < 1.29 is 4.39 Å². The number of nitrogens with one attached hydrogen (secondary N) is 1. The minimum absolute atomic E-state index is 0.502. The number of hydrogen-bond acceptors (Lipinski definition) is 2. The molecule has 1 N–H and O–H groups in total. The van der Waals surface area contributed by atoms with E-state index in [1.165, 1.54) is 0 Å².